The van der Waals surface area contributed by atoms with E-state index < -0.39 is 0 Å². The highest BCUT2D eigenvalue weighted by Crippen LogP contribution is 2.41. The van der Waals surface area contributed by atoms with Gasteiger partial charge < -0.3 is 11.1 Å². The lowest BCUT2D eigenvalue weighted by Crippen LogP contribution is -2.26. The van der Waals surface area contributed by atoms with E-state index in [0.717, 1.165) is 22.3 Å². The van der Waals surface area contributed by atoms with Gasteiger partial charge in [-0.05, 0) is 58.8 Å². The fraction of sp³-hybridized carbons (Fsp3) is 0.533. The van der Waals surface area contributed by atoms with Crippen molar-refractivity contribution in [3.8, 4) is 0 Å². The van der Waals surface area contributed by atoms with Gasteiger partial charge in [-0.1, -0.05) is 32.0 Å². The molecule has 0 bridgehead atoms. The van der Waals surface area contributed by atoms with Gasteiger partial charge in [-0.2, -0.15) is 0 Å². The molecule has 0 amide bonds. The molecular formula is C15H21BrN2S. The fourth-order valence-corrected chi connectivity index (χ4v) is 3.52. The second kappa shape index (κ2) is 6.23. The molecule has 0 aliphatic heterocycles. The quantitative estimate of drug-likeness (QED) is 0.776. The standard InChI is InChI=1S/C15H21BrN2S/c1-2-15(7-3-4-8-15)10-18-13-6-5-11(14(17)19)9-12(13)16/h5-6,9,18H,2-4,7-8,10H2,1H3,(H2,17,19). The van der Waals surface area contributed by atoms with Crippen molar-refractivity contribution < 1.29 is 0 Å². The summed E-state index contributed by atoms with van der Waals surface area (Å²) in [5.74, 6) is 0. The van der Waals surface area contributed by atoms with Crippen LogP contribution in [0.1, 0.15) is 44.6 Å². The van der Waals surface area contributed by atoms with Crippen LogP contribution >= 0.6 is 28.1 Å². The molecule has 3 N–H and O–H groups in total. The molecule has 19 heavy (non-hydrogen) atoms. The number of thiocarbonyl (C=S) groups is 1. The fourth-order valence-electron chi connectivity index (χ4n) is 2.87. The van der Waals surface area contributed by atoms with Crippen LogP contribution in [0.15, 0.2) is 22.7 Å². The van der Waals surface area contributed by atoms with E-state index in [1.165, 1.54) is 32.1 Å². The summed E-state index contributed by atoms with van der Waals surface area (Å²) in [6, 6.07) is 6.01. The Kier molecular flexibility index (Phi) is 4.85. The first-order valence-electron chi connectivity index (χ1n) is 6.89. The van der Waals surface area contributed by atoms with E-state index in [4.69, 9.17) is 18.0 Å². The molecule has 0 unspecified atom stereocenters. The Balaban J connectivity index is 2.05. The van der Waals surface area contributed by atoms with Gasteiger partial charge >= 0.3 is 0 Å². The van der Waals surface area contributed by atoms with Gasteiger partial charge in [0.2, 0.25) is 0 Å². The van der Waals surface area contributed by atoms with E-state index in [1.54, 1.807) is 0 Å². The van der Waals surface area contributed by atoms with Crippen molar-refractivity contribution in [1.29, 1.82) is 0 Å². The van der Waals surface area contributed by atoms with Crippen molar-refractivity contribution in [2.75, 3.05) is 11.9 Å². The number of benzene rings is 1. The highest BCUT2D eigenvalue weighted by molar-refractivity contribution is 9.10. The highest BCUT2D eigenvalue weighted by atomic mass is 79.9. The third-order valence-corrected chi connectivity index (χ3v) is 5.21. The first-order valence-corrected chi connectivity index (χ1v) is 8.10. The van der Waals surface area contributed by atoms with Gasteiger partial charge in [0.25, 0.3) is 0 Å². The predicted octanol–water partition coefficient (Wildman–Crippen LogP) is 4.47. The molecule has 2 nitrogen and oxygen atoms in total. The predicted molar refractivity (Wildman–Crippen MR) is 89.7 cm³/mol. The molecule has 1 aliphatic carbocycles. The van der Waals surface area contributed by atoms with Crippen LogP contribution in [0.4, 0.5) is 5.69 Å². The van der Waals surface area contributed by atoms with E-state index >= 15 is 0 Å². The van der Waals surface area contributed by atoms with Crippen molar-refractivity contribution >= 4 is 38.8 Å². The Hall–Kier alpha value is -0.610. The van der Waals surface area contributed by atoms with Crippen molar-refractivity contribution in [2.45, 2.75) is 39.0 Å². The second-order valence-corrected chi connectivity index (χ2v) is 6.77. The van der Waals surface area contributed by atoms with Crippen LogP contribution in [-0.4, -0.2) is 11.5 Å². The van der Waals surface area contributed by atoms with Crippen LogP contribution in [0.5, 0.6) is 0 Å². The minimum atomic E-state index is 0.438. The topological polar surface area (TPSA) is 38.0 Å². The maximum Gasteiger partial charge on any atom is 0.104 e. The van der Waals surface area contributed by atoms with Crippen LogP contribution in [-0.2, 0) is 0 Å². The summed E-state index contributed by atoms with van der Waals surface area (Å²) < 4.78 is 1.03. The Labute approximate surface area is 129 Å². The smallest absolute Gasteiger partial charge is 0.104 e. The molecule has 104 valence electrons. The van der Waals surface area contributed by atoms with Gasteiger partial charge in [-0.3, -0.25) is 0 Å². The maximum atomic E-state index is 5.64. The van der Waals surface area contributed by atoms with Crippen LogP contribution in [0.2, 0.25) is 0 Å². The Bertz CT molecular complexity index is 467. The van der Waals surface area contributed by atoms with Gasteiger partial charge in [0.05, 0.1) is 0 Å². The van der Waals surface area contributed by atoms with Gasteiger partial charge in [0.15, 0.2) is 0 Å². The third kappa shape index (κ3) is 3.48. The lowest BCUT2D eigenvalue weighted by Gasteiger charge is -2.28. The van der Waals surface area contributed by atoms with E-state index in [-0.39, 0.29) is 0 Å². The lowest BCUT2D eigenvalue weighted by molar-refractivity contribution is 0.307. The lowest BCUT2D eigenvalue weighted by atomic mass is 9.83. The highest BCUT2D eigenvalue weighted by Gasteiger charge is 2.31. The number of nitrogens with one attached hydrogen (secondary N) is 1. The average molecular weight is 341 g/mol. The molecule has 0 radical (unpaired) electrons. The molecule has 1 aromatic carbocycles. The van der Waals surface area contributed by atoms with Crippen LogP contribution < -0.4 is 11.1 Å². The van der Waals surface area contributed by atoms with Crippen molar-refractivity contribution in [3.63, 3.8) is 0 Å². The number of hydrogen-bond donors (Lipinski definition) is 2. The summed E-state index contributed by atoms with van der Waals surface area (Å²) in [5.41, 5.74) is 8.15. The van der Waals surface area contributed by atoms with E-state index in [1.807, 2.05) is 12.1 Å². The van der Waals surface area contributed by atoms with E-state index in [2.05, 4.69) is 34.2 Å². The van der Waals surface area contributed by atoms with Crippen LogP contribution in [0.3, 0.4) is 0 Å². The molecule has 0 spiro atoms. The molecular weight excluding hydrogens is 320 g/mol. The first-order chi connectivity index (χ1) is 9.06. The molecule has 4 heteroatoms. The zero-order chi connectivity index (χ0) is 13.9. The zero-order valence-electron chi connectivity index (χ0n) is 11.3. The largest absolute Gasteiger partial charge is 0.389 e. The first kappa shape index (κ1) is 14.8. The van der Waals surface area contributed by atoms with Crippen LogP contribution in [0.25, 0.3) is 0 Å². The number of nitrogens with two attached hydrogens (primary N) is 1. The van der Waals surface area contributed by atoms with Crippen molar-refractivity contribution in [2.24, 2.45) is 11.1 Å². The van der Waals surface area contributed by atoms with Crippen molar-refractivity contribution in [3.05, 3.63) is 28.2 Å². The third-order valence-electron chi connectivity index (χ3n) is 4.32. The summed E-state index contributed by atoms with van der Waals surface area (Å²) in [6.07, 6.45) is 6.69. The normalized spacial score (nSPS) is 17.4. The summed E-state index contributed by atoms with van der Waals surface area (Å²) in [7, 11) is 0. The van der Waals surface area contributed by atoms with Gasteiger partial charge in [0, 0.05) is 22.3 Å². The molecule has 0 atom stereocenters. The minimum absolute atomic E-state index is 0.438. The number of rotatable bonds is 5. The molecule has 0 heterocycles. The Morgan fingerprint density at radius 3 is 2.63 bits per heavy atom. The summed E-state index contributed by atoms with van der Waals surface area (Å²) in [5, 5.41) is 3.58. The van der Waals surface area contributed by atoms with Crippen LogP contribution in [0, 0.1) is 5.41 Å². The molecule has 1 aliphatic rings. The SMILES string of the molecule is CCC1(CNc2ccc(C(N)=S)cc2Br)CCCC1. The molecule has 0 saturated heterocycles. The van der Waals surface area contributed by atoms with E-state index in [9.17, 15) is 0 Å². The average Bonchev–Trinajstić information content (AvgIpc) is 2.86. The zero-order valence-corrected chi connectivity index (χ0v) is 13.7. The Morgan fingerprint density at radius 2 is 2.11 bits per heavy atom. The maximum absolute atomic E-state index is 5.64. The Morgan fingerprint density at radius 1 is 1.42 bits per heavy atom. The number of hydrogen-bond acceptors (Lipinski definition) is 2. The van der Waals surface area contributed by atoms with E-state index in [0.29, 0.717) is 10.4 Å². The van der Waals surface area contributed by atoms with Gasteiger partial charge in [-0.25, -0.2) is 0 Å². The molecule has 1 fully saturated rings. The molecule has 1 aromatic rings. The molecule has 0 aromatic heterocycles. The second-order valence-electron chi connectivity index (χ2n) is 5.47. The molecule has 2 rings (SSSR count). The summed E-state index contributed by atoms with van der Waals surface area (Å²) in [6.45, 7) is 3.35. The van der Waals surface area contributed by atoms with Crippen molar-refractivity contribution in [1.82, 2.24) is 0 Å². The minimum Gasteiger partial charge on any atom is -0.389 e. The van der Waals surface area contributed by atoms with Gasteiger partial charge in [0.1, 0.15) is 4.99 Å². The monoisotopic (exact) mass is 340 g/mol. The van der Waals surface area contributed by atoms with Gasteiger partial charge in [-0.15, -0.1) is 0 Å². The number of anilines is 1. The summed E-state index contributed by atoms with van der Waals surface area (Å²) in [4.78, 5) is 0.438. The number of halogens is 1. The summed E-state index contributed by atoms with van der Waals surface area (Å²) >= 11 is 8.58. The molecule has 1 saturated carbocycles.